The first kappa shape index (κ1) is 23.2. The van der Waals surface area contributed by atoms with Crippen LogP contribution in [-0.2, 0) is 18.5 Å². The number of hydrogen-bond donors (Lipinski definition) is 3. The van der Waals surface area contributed by atoms with E-state index in [-0.39, 0.29) is 12.1 Å². The smallest absolute Gasteiger partial charge is 0.402 e. The fourth-order valence-corrected chi connectivity index (χ4v) is 2.80. The van der Waals surface area contributed by atoms with Gasteiger partial charge >= 0.3 is 143 Å². The van der Waals surface area contributed by atoms with Crippen molar-refractivity contribution in [2.75, 3.05) is 0 Å². The van der Waals surface area contributed by atoms with E-state index in [0.717, 1.165) is 0 Å². The van der Waals surface area contributed by atoms with Gasteiger partial charge in [-0.1, -0.05) is 0 Å². The van der Waals surface area contributed by atoms with Gasteiger partial charge in [0.05, 0.1) is 0 Å². The fraction of sp³-hybridized carbons (Fsp3) is 0.333. The quantitative estimate of drug-likeness (QED) is 0.471. The maximum Gasteiger partial charge on any atom is 0.631 e. The molecule has 0 aromatic heterocycles. The molecule has 0 aliphatic rings. The number of halogens is 9. The van der Waals surface area contributed by atoms with E-state index in [1.807, 2.05) is 0 Å². The summed E-state index contributed by atoms with van der Waals surface area (Å²) in [6.07, 6.45) is -15.8. The normalized spacial score (nSPS) is 12.6. The van der Waals surface area contributed by atoms with Crippen LogP contribution in [-0.4, -0.2) is 71.3 Å². The molecule has 126 valence electrons. The molecule has 0 spiro atoms. The molecule has 0 aliphatic carbocycles. The fourth-order valence-electron chi connectivity index (χ4n) is 1.47. The predicted octanol–water partition coefficient (Wildman–Crippen LogP) is 1.48. The van der Waals surface area contributed by atoms with E-state index in [1.54, 1.807) is 0 Å². The van der Waals surface area contributed by atoms with Crippen molar-refractivity contribution in [2.45, 2.75) is 18.5 Å². The maximum absolute atomic E-state index is 12.5. The van der Waals surface area contributed by atoms with E-state index >= 15 is 0 Å². The summed E-state index contributed by atoms with van der Waals surface area (Å²) >= 11 is -1.09. The van der Waals surface area contributed by atoms with Crippen LogP contribution in [0, 0.1) is 0 Å². The molecular formula is C9H5BF9KO3. The Kier molecular flexibility index (Phi) is 8.09. The Labute approximate surface area is 156 Å². The van der Waals surface area contributed by atoms with Gasteiger partial charge in [-0.2, -0.15) is 0 Å². The van der Waals surface area contributed by atoms with Gasteiger partial charge in [0.25, 0.3) is 0 Å². The Bertz CT molecular complexity index is 501. The number of hydrogen-bond acceptors (Lipinski definition) is 3. The van der Waals surface area contributed by atoms with Gasteiger partial charge in [0.1, 0.15) is 0 Å². The first-order valence-corrected chi connectivity index (χ1v) is 6.94. The van der Waals surface area contributed by atoms with Crippen LogP contribution in [0.5, 0.6) is 0 Å². The molecule has 3 nitrogen and oxygen atoms in total. The van der Waals surface area contributed by atoms with Crippen molar-refractivity contribution in [3.8, 4) is 0 Å². The molecule has 1 aromatic rings. The molecule has 0 amide bonds. The maximum atomic E-state index is 12.5. The van der Waals surface area contributed by atoms with Crippen LogP contribution in [0.3, 0.4) is 0 Å². The predicted molar refractivity (Wildman–Crippen MR) is 59.2 cm³/mol. The second-order valence-electron chi connectivity index (χ2n) is 4.04. The Morgan fingerprint density at radius 1 is 0.696 bits per heavy atom. The molecule has 0 unspecified atom stereocenters. The zero-order valence-corrected chi connectivity index (χ0v) is 14.1. The second kappa shape index (κ2) is 8.03. The van der Waals surface area contributed by atoms with Gasteiger partial charge in [0, 0.05) is 0 Å². The monoisotopic (exact) mass is 382 g/mol. The molecule has 0 fully saturated rings. The molecule has 0 atom stereocenters. The molecule has 0 saturated heterocycles. The molecule has 14 heteroatoms. The van der Waals surface area contributed by atoms with E-state index in [9.17, 15) is 39.5 Å². The minimum Gasteiger partial charge on any atom is -0.402 e. The van der Waals surface area contributed by atoms with Crippen LogP contribution in [0.25, 0.3) is 0 Å². The molecule has 0 bridgehead atoms. The molecule has 0 heterocycles. The third-order valence-electron chi connectivity index (χ3n) is 2.35. The largest absolute Gasteiger partial charge is 0.631 e. The molecule has 3 N–H and O–H groups in total. The Balaban J connectivity index is 0.00000108. The summed E-state index contributed by atoms with van der Waals surface area (Å²) in [6.45, 7) is 0. The van der Waals surface area contributed by atoms with Gasteiger partial charge in [-0.25, -0.2) is 0 Å². The standard InChI is InChI=1S/C9H2F9.BH3O3.K/c10-7(11,12)4-1-5(8(13,14)15)3-6(2-4)9(16,17)18;2-1(3)4;/h1-2H;2-4H;. The van der Waals surface area contributed by atoms with Gasteiger partial charge in [-0.05, 0) is 0 Å². The minimum absolute atomic E-state index is 0.282. The molecule has 23 heavy (non-hydrogen) atoms. The van der Waals surface area contributed by atoms with Crippen molar-refractivity contribution < 1.29 is 54.6 Å². The summed E-state index contributed by atoms with van der Waals surface area (Å²) in [7, 11) is -2.17. The van der Waals surface area contributed by atoms with E-state index in [2.05, 4.69) is 0 Å². The Morgan fingerprint density at radius 2 is 0.957 bits per heavy atom. The van der Waals surface area contributed by atoms with Gasteiger partial charge in [-0.15, -0.1) is 0 Å². The average Bonchev–Trinajstić information content (AvgIpc) is 2.23. The molecular weight excluding hydrogens is 377 g/mol. The Morgan fingerprint density at radius 3 is 1.13 bits per heavy atom. The van der Waals surface area contributed by atoms with Crippen LogP contribution < -0.4 is -0.342 Å². The van der Waals surface area contributed by atoms with Crippen LogP contribution in [0.4, 0.5) is 39.5 Å². The zero-order chi connectivity index (χ0) is 18.8. The Hall–Kier alpha value is 0.171. The molecule has 0 saturated carbocycles. The van der Waals surface area contributed by atoms with Crippen molar-refractivity contribution in [2.24, 2.45) is 0 Å². The van der Waals surface area contributed by atoms with Crippen molar-refractivity contribution in [3.63, 3.8) is 0 Å². The van der Waals surface area contributed by atoms with E-state index in [4.69, 9.17) is 15.1 Å². The van der Waals surface area contributed by atoms with Crippen LogP contribution in [0.1, 0.15) is 16.7 Å². The SMILES string of the molecule is FC(F)(F)c1cc(C(F)(F)F)[c]([K])c(C(F)(F)F)c1.OB(O)O. The van der Waals surface area contributed by atoms with Gasteiger partial charge in [-0.3, -0.25) is 0 Å². The van der Waals surface area contributed by atoms with Crippen molar-refractivity contribution in [1.82, 2.24) is 0 Å². The van der Waals surface area contributed by atoms with Crippen molar-refractivity contribution in [1.29, 1.82) is 0 Å². The van der Waals surface area contributed by atoms with Gasteiger partial charge in [0.15, 0.2) is 0 Å². The third kappa shape index (κ3) is 7.73. The summed E-state index contributed by atoms with van der Waals surface area (Å²) in [5, 5.41) is 21.5. The van der Waals surface area contributed by atoms with Gasteiger partial charge in [0.2, 0.25) is 0 Å². The second-order valence-corrected chi connectivity index (χ2v) is 5.60. The summed E-state index contributed by atoms with van der Waals surface area (Å²) < 4.78 is 111. The topological polar surface area (TPSA) is 60.7 Å². The first-order valence-electron chi connectivity index (χ1n) is 5.38. The van der Waals surface area contributed by atoms with Crippen molar-refractivity contribution >= 4 is 55.9 Å². The molecule has 1 aromatic carbocycles. The third-order valence-corrected chi connectivity index (χ3v) is 4.03. The van der Waals surface area contributed by atoms with E-state index < -0.39 is 91.2 Å². The summed E-state index contributed by atoms with van der Waals surface area (Å²) in [6, 6.07) is -0.564. The molecule has 0 aliphatic heterocycles. The van der Waals surface area contributed by atoms with E-state index in [0.29, 0.717) is 0 Å². The van der Waals surface area contributed by atoms with Crippen LogP contribution >= 0.6 is 0 Å². The summed E-state index contributed by atoms with van der Waals surface area (Å²) in [4.78, 5) is 0. The summed E-state index contributed by atoms with van der Waals surface area (Å²) in [5.41, 5.74) is -5.69. The van der Waals surface area contributed by atoms with Crippen molar-refractivity contribution in [3.05, 3.63) is 28.8 Å². The molecule has 1 rings (SSSR count). The average molecular weight is 382 g/mol. The first-order chi connectivity index (χ1) is 9.98. The number of benzene rings is 1. The van der Waals surface area contributed by atoms with E-state index in [1.165, 1.54) is 0 Å². The zero-order valence-electron chi connectivity index (χ0n) is 11.0. The number of alkyl halides is 9. The van der Waals surface area contributed by atoms with Crippen LogP contribution in [0.15, 0.2) is 12.1 Å². The summed E-state index contributed by atoms with van der Waals surface area (Å²) in [5.74, 6) is 0. The van der Waals surface area contributed by atoms with Crippen LogP contribution in [0.2, 0.25) is 0 Å². The van der Waals surface area contributed by atoms with Gasteiger partial charge < -0.3 is 15.1 Å². The number of rotatable bonds is 0. The minimum atomic E-state index is -5.28. The molecule has 0 radical (unpaired) electrons.